The number of benzene rings is 1. The van der Waals surface area contributed by atoms with Crippen molar-refractivity contribution in [1.29, 1.82) is 0 Å². The first-order valence-corrected chi connectivity index (χ1v) is 3.53. The predicted octanol–water partition coefficient (Wildman–Crippen LogP) is 0.560. The highest BCUT2D eigenvalue weighted by atomic mass is 17.2. The molecule has 0 bridgehead atoms. The van der Waals surface area contributed by atoms with E-state index in [1.54, 1.807) is 12.1 Å². The molecule has 1 aromatic carbocycles. The zero-order chi connectivity index (χ0) is 9.42. The van der Waals surface area contributed by atoms with Gasteiger partial charge in [0.2, 0.25) is 0 Å². The topological polar surface area (TPSA) is 66.5 Å². The molecule has 0 aliphatic carbocycles. The fourth-order valence-corrected chi connectivity index (χ4v) is 1.23. The molecule has 2 rings (SSSR count). The minimum atomic E-state index is -0.712. The maximum Gasteiger partial charge on any atom is 0.288 e. The van der Waals surface area contributed by atoms with Crippen molar-refractivity contribution in [3.05, 3.63) is 35.4 Å². The van der Waals surface area contributed by atoms with Crippen molar-refractivity contribution in [2.75, 3.05) is 0 Å². The van der Waals surface area contributed by atoms with E-state index in [0.29, 0.717) is 0 Å². The summed E-state index contributed by atoms with van der Waals surface area (Å²) in [4.78, 5) is 25.8. The van der Waals surface area contributed by atoms with Gasteiger partial charge in [-0.05, 0) is 17.4 Å². The number of fused-ring (bicyclic) bond motifs is 1. The van der Waals surface area contributed by atoms with E-state index < -0.39 is 11.8 Å². The highest BCUT2D eigenvalue weighted by molar-refractivity contribution is 6.20. The Hall–Kier alpha value is -1.72. The van der Waals surface area contributed by atoms with Crippen LogP contribution in [-0.4, -0.2) is 16.9 Å². The number of nitrogens with zero attached hydrogens (tertiary/aromatic N) is 1. The summed E-state index contributed by atoms with van der Waals surface area (Å²) >= 11 is 0. The van der Waals surface area contributed by atoms with E-state index in [2.05, 4.69) is 4.99 Å². The van der Waals surface area contributed by atoms with Crippen molar-refractivity contribution in [2.45, 2.75) is 0 Å². The third-order valence-electron chi connectivity index (χ3n) is 1.83. The van der Waals surface area contributed by atoms with Crippen LogP contribution in [0.25, 0.3) is 0 Å². The minimum absolute atomic E-state index is 0.198. The maximum atomic E-state index is 11.2. The average molecular weight is 178 g/mol. The lowest BCUT2D eigenvalue weighted by Crippen LogP contribution is -2.27. The van der Waals surface area contributed by atoms with Gasteiger partial charge in [-0.15, -0.1) is 5.06 Å². The van der Waals surface area contributed by atoms with Crippen LogP contribution in [0.3, 0.4) is 0 Å². The van der Waals surface area contributed by atoms with Crippen LogP contribution in [0.5, 0.6) is 0 Å². The summed E-state index contributed by atoms with van der Waals surface area (Å²) in [6.45, 7) is 0. The Morgan fingerprint density at radius 1 is 1.00 bits per heavy atom. The molecule has 65 valence electrons. The standard InChI is InChI=1S/C8H4NO4/c10-7-5-3-1-2-4-6(5)8(11)9(7)13-12/h1-4H. The molecular formula is C8H4NO4. The van der Waals surface area contributed by atoms with Crippen LogP contribution in [0.2, 0.25) is 0 Å². The molecule has 0 N–H and O–H groups in total. The van der Waals surface area contributed by atoms with Crippen LogP contribution in [-0.2, 0) is 10.2 Å². The molecule has 0 unspecified atom stereocenters. The van der Waals surface area contributed by atoms with Crippen molar-refractivity contribution < 1.29 is 19.8 Å². The number of hydrogen-bond donors (Lipinski definition) is 0. The summed E-state index contributed by atoms with van der Waals surface area (Å²) in [5.74, 6) is -1.42. The normalized spacial score (nSPS) is 15.0. The summed E-state index contributed by atoms with van der Waals surface area (Å²) < 4.78 is 0. The number of hydrogen-bond acceptors (Lipinski definition) is 3. The van der Waals surface area contributed by atoms with E-state index in [4.69, 9.17) is 0 Å². The molecular weight excluding hydrogens is 174 g/mol. The lowest BCUT2D eigenvalue weighted by atomic mass is 10.1. The summed E-state index contributed by atoms with van der Waals surface area (Å²) in [5.41, 5.74) is 0.395. The number of hydroxylamine groups is 2. The Balaban J connectivity index is 2.57. The molecule has 2 amide bonds. The Morgan fingerprint density at radius 3 is 1.85 bits per heavy atom. The highest BCUT2D eigenvalue weighted by Crippen LogP contribution is 2.21. The fraction of sp³-hybridized carbons (Fsp3) is 0. The SMILES string of the molecule is [O]ON1C(=O)c2ccccc2C1=O. The molecule has 1 aliphatic rings. The van der Waals surface area contributed by atoms with Crippen LogP contribution < -0.4 is 0 Å². The van der Waals surface area contributed by atoms with Gasteiger partial charge in [-0.25, -0.2) is 0 Å². The number of imide groups is 1. The van der Waals surface area contributed by atoms with Gasteiger partial charge in [-0.2, -0.15) is 0 Å². The third kappa shape index (κ3) is 0.947. The van der Waals surface area contributed by atoms with Crippen molar-refractivity contribution in [3.8, 4) is 0 Å². The largest absolute Gasteiger partial charge is 0.288 e. The van der Waals surface area contributed by atoms with Crippen LogP contribution in [0.4, 0.5) is 0 Å². The summed E-state index contributed by atoms with van der Waals surface area (Å²) in [6, 6.07) is 6.15. The van der Waals surface area contributed by atoms with E-state index in [1.165, 1.54) is 12.1 Å². The van der Waals surface area contributed by atoms with Crippen molar-refractivity contribution >= 4 is 11.8 Å². The van der Waals surface area contributed by atoms with E-state index in [-0.39, 0.29) is 16.2 Å². The molecule has 1 aliphatic heterocycles. The van der Waals surface area contributed by atoms with Crippen molar-refractivity contribution in [1.82, 2.24) is 5.06 Å². The average Bonchev–Trinajstić information content (AvgIpc) is 2.41. The summed E-state index contributed by atoms with van der Waals surface area (Å²) in [6.07, 6.45) is 0. The summed E-state index contributed by atoms with van der Waals surface area (Å²) in [5, 5.41) is 10.2. The Morgan fingerprint density at radius 2 is 1.46 bits per heavy atom. The first-order chi connectivity index (χ1) is 6.25. The van der Waals surface area contributed by atoms with Crippen LogP contribution >= 0.6 is 0 Å². The quantitative estimate of drug-likeness (QED) is 0.358. The molecule has 0 atom stereocenters. The van der Waals surface area contributed by atoms with E-state index in [0.717, 1.165) is 0 Å². The smallest absolute Gasteiger partial charge is 0.266 e. The van der Waals surface area contributed by atoms with Gasteiger partial charge in [0.25, 0.3) is 11.8 Å². The van der Waals surface area contributed by atoms with Gasteiger partial charge in [0.1, 0.15) is 0 Å². The second-order valence-corrected chi connectivity index (χ2v) is 2.52. The van der Waals surface area contributed by atoms with Gasteiger partial charge in [0.15, 0.2) is 0 Å². The molecule has 13 heavy (non-hydrogen) atoms. The molecule has 0 saturated carbocycles. The lowest BCUT2D eigenvalue weighted by molar-refractivity contribution is -0.398. The number of rotatable bonds is 1. The first kappa shape index (κ1) is 7.90. The highest BCUT2D eigenvalue weighted by Gasteiger charge is 2.37. The summed E-state index contributed by atoms with van der Waals surface area (Å²) in [7, 11) is 0. The molecule has 0 aromatic heterocycles. The van der Waals surface area contributed by atoms with E-state index >= 15 is 0 Å². The Bertz CT molecular complexity index is 352. The zero-order valence-corrected chi connectivity index (χ0v) is 6.39. The fourth-order valence-electron chi connectivity index (χ4n) is 1.23. The number of carbonyl (C=O) groups excluding carboxylic acids is 2. The molecule has 5 nitrogen and oxygen atoms in total. The number of amides is 2. The second kappa shape index (κ2) is 2.65. The number of carbonyl (C=O) groups is 2. The lowest BCUT2D eigenvalue weighted by Gasteiger charge is -2.02. The van der Waals surface area contributed by atoms with Gasteiger partial charge in [0, 0.05) is 0 Å². The minimum Gasteiger partial charge on any atom is -0.266 e. The van der Waals surface area contributed by atoms with Crippen molar-refractivity contribution in [3.63, 3.8) is 0 Å². The second-order valence-electron chi connectivity index (χ2n) is 2.52. The van der Waals surface area contributed by atoms with Crippen LogP contribution in [0.15, 0.2) is 24.3 Å². The van der Waals surface area contributed by atoms with E-state index in [1.807, 2.05) is 0 Å². The molecule has 5 heteroatoms. The first-order valence-electron chi connectivity index (χ1n) is 3.53. The van der Waals surface area contributed by atoms with Crippen LogP contribution in [0.1, 0.15) is 20.7 Å². The van der Waals surface area contributed by atoms with Crippen molar-refractivity contribution in [2.24, 2.45) is 0 Å². The molecule has 1 aromatic rings. The maximum absolute atomic E-state index is 11.2. The van der Waals surface area contributed by atoms with Gasteiger partial charge < -0.3 is 0 Å². The molecule has 1 heterocycles. The van der Waals surface area contributed by atoms with E-state index in [9.17, 15) is 14.8 Å². The monoisotopic (exact) mass is 178 g/mol. The van der Waals surface area contributed by atoms with Gasteiger partial charge >= 0.3 is 0 Å². The molecule has 0 saturated heterocycles. The van der Waals surface area contributed by atoms with Gasteiger partial charge in [-0.3, -0.25) is 9.59 Å². The van der Waals surface area contributed by atoms with Gasteiger partial charge in [-0.1, -0.05) is 17.1 Å². The predicted molar refractivity (Wildman–Crippen MR) is 38.7 cm³/mol. The van der Waals surface area contributed by atoms with Crippen LogP contribution in [0, 0.1) is 0 Å². The molecule has 0 fully saturated rings. The zero-order valence-electron chi connectivity index (χ0n) is 6.39. The Kier molecular flexibility index (Phi) is 1.61. The Labute approximate surface area is 73.0 Å². The third-order valence-corrected chi connectivity index (χ3v) is 1.83. The van der Waals surface area contributed by atoms with Gasteiger partial charge in [0.05, 0.1) is 11.1 Å². The molecule has 1 radical (unpaired) electrons. The molecule has 0 spiro atoms.